The molecule has 0 bridgehead atoms. The highest BCUT2D eigenvalue weighted by atomic mass is 19.4. The van der Waals surface area contributed by atoms with Gasteiger partial charge in [0.1, 0.15) is 5.78 Å². The molecule has 0 saturated carbocycles. The predicted octanol–water partition coefficient (Wildman–Crippen LogP) is 1.31. The third kappa shape index (κ3) is 2.94. The van der Waals surface area contributed by atoms with E-state index in [1.807, 2.05) is 0 Å². The Kier molecular flexibility index (Phi) is 3.27. The molecule has 1 fully saturated rings. The number of carbonyl (C=O) groups is 2. The van der Waals surface area contributed by atoms with E-state index in [1.165, 1.54) is 0 Å². The molecular formula is C9H12F3NO3. The van der Waals surface area contributed by atoms with Gasteiger partial charge >= 0.3 is 12.1 Å². The van der Waals surface area contributed by atoms with E-state index in [1.54, 1.807) is 13.8 Å². The Morgan fingerprint density at radius 1 is 1.44 bits per heavy atom. The molecule has 1 heterocycles. The number of hydrogen-bond acceptors (Lipinski definition) is 4. The normalized spacial score (nSPS) is 21.9. The first-order chi connectivity index (χ1) is 7.13. The van der Waals surface area contributed by atoms with E-state index in [9.17, 15) is 22.8 Å². The molecule has 0 atom stereocenters. The number of ketones is 1. The maximum absolute atomic E-state index is 11.9. The van der Waals surface area contributed by atoms with Crippen molar-refractivity contribution < 1.29 is 27.6 Å². The molecule has 0 aliphatic carbocycles. The maximum Gasteiger partial charge on any atom is 0.492 e. The van der Waals surface area contributed by atoms with Gasteiger partial charge in [0.2, 0.25) is 0 Å². The Hall–Kier alpha value is -1.11. The first-order valence-corrected chi connectivity index (χ1v) is 4.70. The Balaban J connectivity index is 2.59. The number of hydroxylamine groups is 2. The summed E-state index contributed by atoms with van der Waals surface area (Å²) >= 11 is 0. The van der Waals surface area contributed by atoms with Crippen LogP contribution in [0.1, 0.15) is 20.3 Å². The molecule has 1 saturated heterocycles. The second-order valence-electron chi connectivity index (χ2n) is 4.30. The van der Waals surface area contributed by atoms with Crippen LogP contribution in [0.5, 0.6) is 0 Å². The van der Waals surface area contributed by atoms with Crippen molar-refractivity contribution in [2.24, 2.45) is 5.41 Å². The van der Waals surface area contributed by atoms with Gasteiger partial charge in [-0.05, 0) is 0 Å². The van der Waals surface area contributed by atoms with E-state index in [0.29, 0.717) is 0 Å². The minimum Gasteiger partial charge on any atom is -0.361 e. The quantitative estimate of drug-likeness (QED) is 0.692. The van der Waals surface area contributed by atoms with E-state index < -0.39 is 17.6 Å². The van der Waals surface area contributed by atoms with Crippen LogP contribution in [0.2, 0.25) is 0 Å². The predicted molar refractivity (Wildman–Crippen MR) is 47.1 cm³/mol. The fourth-order valence-corrected chi connectivity index (χ4v) is 1.42. The summed E-state index contributed by atoms with van der Waals surface area (Å²) in [6.45, 7) is 3.18. The Morgan fingerprint density at radius 2 is 2.00 bits per heavy atom. The zero-order valence-electron chi connectivity index (χ0n) is 8.93. The van der Waals surface area contributed by atoms with Crippen molar-refractivity contribution in [2.45, 2.75) is 26.4 Å². The van der Waals surface area contributed by atoms with Gasteiger partial charge in [-0.1, -0.05) is 13.8 Å². The summed E-state index contributed by atoms with van der Waals surface area (Å²) in [4.78, 5) is 26.1. The van der Waals surface area contributed by atoms with Crippen LogP contribution in [0.25, 0.3) is 0 Å². The summed E-state index contributed by atoms with van der Waals surface area (Å²) in [7, 11) is 0. The molecule has 0 aromatic heterocycles. The lowest BCUT2D eigenvalue weighted by atomic mass is 9.84. The molecule has 0 unspecified atom stereocenters. The minimum atomic E-state index is -5.01. The maximum atomic E-state index is 11.9. The molecule has 1 aliphatic heterocycles. The number of Topliss-reactive ketones (excluding diaryl/α,β-unsaturated/α-hetero) is 1. The van der Waals surface area contributed by atoms with Crippen LogP contribution in [0.15, 0.2) is 0 Å². The molecule has 4 nitrogen and oxygen atoms in total. The van der Waals surface area contributed by atoms with Crippen molar-refractivity contribution in [3.8, 4) is 0 Å². The third-order valence-electron chi connectivity index (χ3n) is 2.36. The van der Waals surface area contributed by atoms with E-state index in [4.69, 9.17) is 0 Å². The lowest BCUT2D eigenvalue weighted by Crippen LogP contribution is -2.48. The van der Waals surface area contributed by atoms with E-state index >= 15 is 0 Å². The number of halogens is 3. The van der Waals surface area contributed by atoms with Crippen LogP contribution in [-0.2, 0) is 14.4 Å². The molecule has 0 spiro atoms. The molecule has 0 radical (unpaired) electrons. The number of nitrogens with zero attached hydrogens (tertiary/aromatic N) is 1. The average molecular weight is 239 g/mol. The Bertz CT molecular complexity index is 312. The van der Waals surface area contributed by atoms with Gasteiger partial charge < -0.3 is 4.84 Å². The van der Waals surface area contributed by atoms with E-state index in [-0.39, 0.29) is 25.3 Å². The zero-order valence-corrected chi connectivity index (χ0v) is 8.93. The number of rotatable bonds is 1. The average Bonchev–Trinajstić information content (AvgIpc) is 2.09. The molecule has 0 aromatic rings. The smallest absolute Gasteiger partial charge is 0.361 e. The summed E-state index contributed by atoms with van der Waals surface area (Å²) in [5, 5.41) is 0.886. The zero-order chi connectivity index (χ0) is 12.6. The number of alkyl halides is 3. The Labute approximate surface area is 90.3 Å². The fourth-order valence-electron chi connectivity index (χ4n) is 1.42. The molecular weight excluding hydrogens is 227 g/mol. The van der Waals surface area contributed by atoms with Gasteiger partial charge in [-0.25, -0.2) is 4.79 Å². The van der Waals surface area contributed by atoms with Crippen LogP contribution in [0.4, 0.5) is 13.2 Å². The van der Waals surface area contributed by atoms with Gasteiger partial charge in [-0.2, -0.15) is 13.2 Å². The SMILES string of the molecule is CC1(C)CN(OC(=O)C(F)(F)F)CCC1=O. The van der Waals surface area contributed by atoms with Gasteiger partial charge in [0.05, 0.1) is 0 Å². The van der Waals surface area contributed by atoms with Crippen molar-refractivity contribution >= 4 is 11.8 Å². The van der Waals surface area contributed by atoms with E-state index in [2.05, 4.69) is 4.84 Å². The fraction of sp³-hybridized carbons (Fsp3) is 0.778. The molecule has 0 amide bonds. The van der Waals surface area contributed by atoms with Gasteiger partial charge in [-0.15, -0.1) is 5.06 Å². The summed E-state index contributed by atoms with van der Waals surface area (Å²) in [5.74, 6) is -2.30. The van der Waals surface area contributed by atoms with Crippen LogP contribution in [0, 0.1) is 5.41 Å². The third-order valence-corrected chi connectivity index (χ3v) is 2.36. The summed E-state index contributed by atoms with van der Waals surface area (Å²) < 4.78 is 35.7. The first-order valence-electron chi connectivity index (χ1n) is 4.70. The standard InChI is InChI=1S/C9H12F3NO3/c1-8(2)5-13(4-3-6(8)14)16-7(15)9(10,11)12/h3-5H2,1-2H3. The lowest BCUT2D eigenvalue weighted by molar-refractivity contribution is -0.244. The molecule has 7 heteroatoms. The van der Waals surface area contributed by atoms with Crippen LogP contribution >= 0.6 is 0 Å². The topological polar surface area (TPSA) is 46.6 Å². The van der Waals surface area contributed by atoms with Gasteiger partial charge in [0, 0.05) is 24.9 Å². The largest absolute Gasteiger partial charge is 0.492 e. The molecule has 0 N–H and O–H groups in total. The summed E-state index contributed by atoms with van der Waals surface area (Å²) in [6.07, 6.45) is -4.93. The van der Waals surface area contributed by atoms with Crippen LogP contribution < -0.4 is 0 Å². The lowest BCUT2D eigenvalue weighted by Gasteiger charge is -2.35. The number of hydrogen-bond donors (Lipinski definition) is 0. The van der Waals surface area contributed by atoms with Crippen molar-refractivity contribution in [2.75, 3.05) is 13.1 Å². The molecule has 16 heavy (non-hydrogen) atoms. The van der Waals surface area contributed by atoms with Gasteiger partial charge in [0.25, 0.3) is 0 Å². The number of piperidine rings is 1. The van der Waals surface area contributed by atoms with Gasteiger partial charge in [-0.3, -0.25) is 4.79 Å². The first kappa shape index (κ1) is 13.0. The van der Waals surface area contributed by atoms with E-state index in [0.717, 1.165) is 5.06 Å². The van der Waals surface area contributed by atoms with Gasteiger partial charge in [0.15, 0.2) is 0 Å². The van der Waals surface area contributed by atoms with Crippen LogP contribution in [-0.4, -0.2) is 36.1 Å². The highest BCUT2D eigenvalue weighted by Crippen LogP contribution is 2.26. The Morgan fingerprint density at radius 3 is 2.44 bits per heavy atom. The molecule has 0 aromatic carbocycles. The molecule has 92 valence electrons. The highest BCUT2D eigenvalue weighted by Gasteiger charge is 2.44. The van der Waals surface area contributed by atoms with Crippen molar-refractivity contribution in [1.29, 1.82) is 0 Å². The van der Waals surface area contributed by atoms with Crippen molar-refractivity contribution in [3.05, 3.63) is 0 Å². The van der Waals surface area contributed by atoms with Crippen molar-refractivity contribution in [3.63, 3.8) is 0 Å². The number of carbonyl (C=O) groups excluding carboxylic acids is 2. The summed E-state index contributed by atoms with van der Waals surface area (Å²) in [6, 6.07) is 0. The molecule has 1 aliphatic rings. The highest BCUT2D eigenvalue weighted by molar-refractivity contribution is 5.85. The molecule has 1 rings (SSSR count). The second-order valence-corrected chi connectivity index (χ2v) is 4.30. The summed E-state index contributed by atoms with van der Waals surface area (Å²) in [5.41, 5.74) is -0.788. The van der Waals surface area contributed by atoms with Crippen molar-refractivity contribution in [1.82, 2.24) is 5.06 Å². The monoisotopic (exact) mass is 239 g/mol. The van der Waals surface area contributed by atoms with Crippen LogP contribution in [0.3, 0.4) is 0 Å². The minimum absolute atomic E-state index is 0.00405. The second kappa shape index (κ2) is 4.04.